The fraction of sp³-hybridized carbons (Fsp3) is 0.185. The Morgan fingerprint density at radius 1 is 1.00 bits per heavy atom. The Labute approximate surface area is 169 Å². The van der Waals surface area contributed by atoms with Crippen molar-refractivity contribution in [1.29, 1.82) is 0 Å². The average molecular weight is 375 g/mol. The van der Waals surface area contributed by atoms with Gasteiger partial charge in [0.05, 0.1) is 5.70 Å². The summed E-state index contributed by atoms with van der Waals surface area (Å²) in [5.41, 5.74) is 10.1. The van der Waals surface area contributed by atoms with Gasteiger partial charge in [-0.3, -0.25) is 0 Å². The smallest absolute Gasteiger partial charge is 0.155 e. The summed E-state index contributed by atoms with van der Waals surface area (Å²) in [5, 5.41) is 6.24. The molecule has 3 aliphatic carbocycles. The lowest BCUT2D eigenvalue weighted by Gasteiger charge is -2.29. The van der Waals surface area contributed by atoms with Crippen molar-refractivity contribution in [2.45, 2.75) is 19.3 Å². The van der Waals surface area contributed by atoms with E-state index < -0.39 is 0 Å². The van der Waals surface area contributed by atoms with Gasteiger partial charge in [-0.25, -0.2) is 0 Å². The molecular formula is C27H21NO. The van der Waals surface area contributed by atoms with E-state index in [1.807, 2.05) is 0 Å². The third kappa shape index (κ3) is 1.96. The monoisotopic (exact) mass is 375 g/mol. The van der Waals surface area contributed by atoms with E-state index in [1.165, 1.54) is 44.3 Å². The van der Waals surface area contributed by atoms with E-state index in [2.05, 4.69) is 85.1 Å². The molecule has 2 heteroatoms. The summed E-state index contributed by atoms with van der Waals surface area (Å²) in [7, 11) is 0. The van der Waals surface area contributed by atoms with Gasteiger partial charge >= 0.3 is 0 Å². The molecule has 1 N–H and O–H groups in total. The van der Waals surface area contributed by atoms with Gasteiger partial charge in [0.15, 0.2) is 5.42 Å². The number of benzene rings is 2. The topological polar surface area (TPSA) is 25.2 Å². The molecule has 2 heterocycles. The molecule has 4 aliphatic rings. The van der Waals surface area contributed by atoms with Crippen molar-refractivity contribution < 1.29 is 4.42 Å². The molecule has 3 unspecified atom stereocenters. The summed E-state index contributed by atoms with van der Waals surface area (Å²) in [6.45, 7) is 2.30. The van der Waals surface area contributed by atoms with Crippen LogP contribution < -0.4 is 16.0 Å². The summed E-state index contributed by atoms with van der Waals surface area (Å²) in [6.07, 6.45) is 14.8. The quantitative estimate of drug-likeness (QED) is 0.607. The van der Waals surface area contributed by atoms with Gasteiger partial charge in [-0.1, -0.05) is 67.6 Å². The summed E-state index contributed by atoms with van der Waals surface area (Å²) >= 11 is 0. The van der Waals surface area contributed by atoms with Gasteiger partial charge in [-0.05, 0) is 46.7 Å². The zero-order valence-corrected chi connectivity index (χ0v) is 16.3. The second kappa shape index (κ2) is 5.42. The standard InChI is InChI=1S/C27H21NO/c1-15-10-12-17-16(14-15)11-13-21-24(17)25-19-7-3-2-6-18(19)23-20-8-4-5-9-22(20)29-27(23)26(25)28-21/h2-13,15,19,25,28H,14H2,1H3. The molecule has 0 saturated heterocycles. The van der Waals surface area contributed by atoms with E-state index in [0.29, 0.717) is 11.8 Å². The SMILES string of the molecule is CC1C=Cc2c(ccc3c2C2C(=c4oc5ccccc5c4=C4C=CC=CC42)N3)C1. The van der Waals surface area contributed by atoms with Gasteiger partial charge in [-0.15, -0.1) is 0 Å². The first-order chi connectivity index (χ1) is 14.3. The zero-order valence-electron chi connectivity index (χ0n) is 16.3. The lowest BCUT2D eigenvalue weighted by molar-refractivity contribution is 0.558. The maximum Gasteiger partial charge on any atom is 0.155 e. The van der Waals surface area contributed by atoms with Crippen LogP contribution in [0.25, 0.3) is 28.3 Å². The molecule has 29 heavy (non-hydrogen) atoms. The second-order valence-corrected chi connectivity index (χ2v) is 8.68. The van der Waals surface area contributed by atoms with Gasteiger partial charge in [0.25, 0.3) is 0 Å². The first-order valence-electron chi connectivity index (χ1n) is 10.5. The predicted octanol–water partition coefficient (Wildman–Crippen LogP) is 4.86. The van der Waals surface area contributed by atoms with Crippen molar-refractivity contribution in [3.05, 3.63) is 94.1 Å². The fourth-order valence-electron chi connectivity index (χ4n) is 5.72. The first kappa shape index (κ1) is 15.6. The largest absolute Gasteiger partial charge is 0.454 e. The van der Waals surface area contributed by atoms with E-state index in [4.69, 9.17) is 4.42 Å². The Morgan fingerprint density at radius 2 is 1.93 bits per heavy atom. The Morgan fingerprint density at radius 3 is 2.90 bits per heavy atom. The molecule has 2 nitrogen and oxygen atoms in total. The predicted molar refractivity (Wildman–Crippen MR) is 119 cm³/mol. The van der Waals surface area contributed by atoms with E-state index in [1.54, 1.807) is 0 Å². The van der Waals surface area contributed by atoms with E-state index in [9.17, 15) is 0 Å². The molecule has 0 spiro atoms. The Kier molecular flexibility index (Phi) is 2.92. The van der Waals surface area contributed by atoms with Crippen LogP contribution in [0.4, 0.5) is 5.69 Å². The van der Waals surface area contributed by atoms with E-state index in [-0.39, 0.29) is 5.92 Å². The lowest BCUT2D eigenvalue weighted by Crippen LogP contribution is -2.37. The van der Waals surface area contributed by atoms with Crippen LogP contribution in [0.15, 0.2) is 71.2 Å². The average Bonchev–Trinajstić information content (AvgIpc) is 3.33. The van der Waals surface area contributed by atoms with E-state index in [0.717, 1.165) is 17.4 Å². The molecule has 3 atom stereocenters. The summed E-state index contributed by atoms with van der Waals surface area (Å²) in [6, 6.07) is 13.0. The van der Waals surface area contributed by atoms with Crippen molar-refractivity contribution in [2.75, 3.05) is 5.32 Å². The van der Waals surface area contributed by atoms with Gasteiger partial charge in [0.1, 0.15) is 5.58 Å². The zero-order chi connectivity index (χ0) is 19.1. The van der Waals surface area contributed by atoms with Crippen molar-refractivity contribution in [2.24, 2.45) is 11.8 Å². The highest BCUT2D eigenvalue weighted by Crippen LogP contribution is 2.51. The molecule has 0 bridgehead atoms. The molecule has 0 radical (unpaired) electrons. The minimum Gasteiger partial charge on any atom is -0.454 e. The number of nitrogens with one attached hydrogen (secondary N) is 1. The highest BCUT2D eigenvalue weighted by molar-refractivity contribution is 5.93. The van der Waals surface area contributed by atoms with Crippen LogP contribution in [0, 0.1) is 11.8 Å². The number of hydrogen-bond donors (Lipinski definition) is 1. The number of fused-ring (bicyclic) bond motifs is 10. The molecule has 7 rings (SSSR count). The third-order valence-electron chi connectivity index (χ3n) is 6.95. The van der Waals surface area contributed by atoms with Crippen molar-refractivity contribution in [3.63, 3.8) is 0 Å². The molecule has 0 amide bonds. The van der Waals surface area contributed by atoms with E-state index >= 15 is 0 Å². The molecular weight excluding hydrogens is 354 g/mol. The van der Waals surface area contributed by atoms with Gasteiger partial charge in [0.2, 0.25) is 0 Å². The van der Waals surface area contributed by atoms with Crippen LogP contribution in [0.3, 0.4) is 0 Å². The Balaban J connectivity index is 1.60. The maximum atomic E-state index is 6.45. The lowest BCUT2D eigenvalue weighted by atomic mass is 9.73. The van der Waals surface area contributed by atoms with Gasteiger partial charge in [-0.2, -0.15) is 0 Å². The van der Waals surface area contributed by atoms with Gasteiger partial charge < -0.3 is 9.73 Å². The summed E-state index contributed by atoms with van der Waals surface area (Å²) < 4.78 is 6.45. The second-order valence-electron chi connectivity index (χ2n) is 8.68. The Bertz CT molecular complexity index is 1430. The molecule has 0 fully saturated rings. The third-order valence-corrected chi connectivity index (χ3v) is 6.95. The van der Waals surface area contributed by atoms with Crippen LogP contribution in [-0.2, 0) is 6.42 Å². The maximum absolute atomic E-state index is 6.45. The molecule has 1 aromatic heterocycles. The van der Waals surface area contributed by atoms with Crippen LogP contribution in [0.2, 0.25) is 0 Å². The molecule has 1 aliphatic heterocycles. The van der Waals surface area contributed by atoms with Crippen molar-refractivity contribution in [3.8, 4) is 0 Å². The number of rotatable bonds is 0. The number of para-hydroxylation sites is 1. The van der Waals surface area contributed by atoms with Crippen LogP contribution in [0.1, 0.15) is 29.5 Å². The van der Waals surface area contributed by atoms with Crippen LogP contribution in [0.5, 0.6) is 0 Å². The van der Waals surface area contributed by atoms with Crippen molar-refractivity contribution >= 4 is 34.0 Å². The number of allylic oxidation sites excluding steroid dienone is 5. The molecule has 0 saturated carbocycles. The minimum atomic E-state index is 0.280. The highest BCUT2D eigenvalue weighted by atomic mass is 16.3. The fourth-order valence-corrected chi connectivity index (χ4v) is 5.72. The number of furan rings is 1. The molecule has 2 aromatic carbocycles. The van der Waals surface area contributed by atoms with Crippen LogP contribution in [-0.4, -0.2) is 0 Å². The summed E-state index contributed by atoms with van der Waals surface area (Å²) in [4.78, 5) is 0. The van der Waals surface area contributed by atoms with Gasteiger partial charge in [0, 0.05) is 28.1 Å². The molecule has 3 aromatic rings. The first-order valence-corrected chi connectivity index (χ1v) is 10.5. The Hall–Kier alpha value is -3.26. The highest BCUT2D eigenvalue weighted by Gasteiger charge is 2.41. The normalized spacial score (nSPS) is 25.3. The minimum absolute atomic E-state index is 0.280. The number of hydrogen-bond acceptors (Lipinski definition) is 2. The van der Waals surface area contributed by atoms with Crippen molar-refractivity contribution in [1.82, 2.24) is 0 Å². The number of anilines is 1. The summed E-state index contributed by atoms with van der Waals surface area (Å²) in [5.74, 6) is 1.21. The van der Waals surface area contributed by atoms with Crippen LogP contribution >= 0.6 is 0 Å². The molecule has 140 valence electrons.